The van der Waals surface area contributed by atoms with Crippen LogP contribution in [-0.2, 0) is 10.1 Å². The first-order valence-electron chi connectivity index (χ1n) is 5.18. The van der Waals surface area contributed by atoms with Crippen molar-refractivity contribution in [2.45, 2.75) is 24.8 Å². The van der Waals surface area contributed by atoms with E-state index in [1.54, 1.807) is 7.11 Å². The number of methoxy groups -OCH3 is 1. The Bertz CT molecular complexity index is 329. The van der Waals surface area contributed by atoms with Gasteiger partial charge in [-0.3, -0.25) is 0 Å². The lowest BCUT2D eigenvalue weighted by molar-refractivity contribution is 0.134. The zero-order chi connectivity index (χ0) is 12.0. The summed E-state index contributed by atoms with van der Waals surface area (Å²) >= 11 is 6.97. The predicted molar refractivity (Wildman–Crippen MR) is 73.4 cm³/mol. The molecule has 0 saturated heterocycles. The first kappa shape index (κ1) is 14.0. The van der Waals surface area contributed by atoms with Crippen molar-refractivity contribution in [3.63, 3.8) is 0 Å². The molecule has 0 spiro atoms. The molecule has 1 atom stereocenters. The maximum Gasteiger partial charge on any atom is 0.137 e. The summed E-state index contributed by atoms with van der Waals surface area (Å²) in [5.41, 5.74) is 1.15. The highest BCUT2D eigenvalue weighted by atomic mass is 79.9. The van der Waals surface area contributed by atoms with E-state index in [4.69, 9.17) is 9.47 Å². The average Bonchev–Trinajstić information content (AvgIpc) is 2.29. The fourth-order valence-corrected chi connectivity index (χ4v) is 2.28. The van der Waals surface area contributed by atoms with Gasteiger partial charge >= 0.3 is 0 Å². The van der Waals surface area contributed by atoms with Gasteiger partial charge in [0.05, 0.1) is 10.6 Å². The van der Waals surface area contributed by atoms with Gasteiger partial charge < -0.3 is 9.47 Å². The maximum atomic E-state index is 5.91. The molecular weight excluding hydrogens is 336 g/mol. The first-order valence-corrected chi connectivity index (χ1v) is 7.09. The molecule has 0 saturated carbocycles. The molecule has 4 heteroatoms. The summed E-state index contributed by atoms with van der Waals surface area (Å²) in [6.45, 7) is 2.77. The number of halogens is 2. The van der Waals surface area contributed by atoms with Crippen molar-refractivity contribution in [1.29, 1.82) is 0 Å². The average molecular weight is 352 g/mol. The normalized spacial score (nSPS) is 12.5. The van der Waals surface area contributed by atoms with E-state index in [-0.39, 0.29) is 6.10 Å². The summed E-state index contributed by atoms with van der Waals surface area (Å²) in [6.07, 6.45) is 1.04. The Kier molecular flexibility index (Phi) is 6.39. The first-order chi connectivity index (χ1) is 7.69. The summed E-state index contributed by atoms with van der Waals surface area (Å²) in [4.78, 5) is 0. The minimum atomic E-state index is 0.149. The van der Waals surface area contributed by atoms with E-state index in [0.717, 1.165) is 34.1 Å². The van der Waals surface area contributed by atoms with Crippen molar-refractivity contribution >= 4 is 31.9 Å². The number of rotatable bonds is 6. The third kappa shape index (κ3) is 4.07. The SMILES string of the molecule is COCCC(C)Oc1c(Br)cccc1CBr. The third-order valence-corrected chi connectivity index (χ3v) is 3.47. The van der Waals surface area contributed by atoms with Gasteiger partial charge in [0.1, 0.15) is 5.75 Å². The zero-order valence-electron chi connectivity index (χ0n) is 9.50. The molecule has 0 aromatic heterocycles. The number of ether oxygens (including phenoxy) is 2. The summed E-state index contributed by atoms with van der Waals surface area (Å²) < 4.78 is 11.9. The highest BCUT2D eigenvalue weighted by Gasteiger charge is 2.11. The Morgan fingerprint density at radius 2 is 2.12 bits per heavy atom. The molecule has 0 N–H and O–H groups in total. The Labute approximate surface area is 114 Å². The number of hydrogen-bond acceptors (Lipinski definition) is 2. The van der Waals surface area contributed by atoms with Gasteiger partial charge in [0.2, 0.25) is 0 Å². The van der Waals surface area contributed by atoms with Crippen LogP contribution in [0.4, 0.5) is 0 Å². The lowest BCUT2D eigenvalue weighted by atomic mass is 10.2. The van der Waals surface area contributed by atoms with Gasteiger partial charge in [0, 0.05) is 31.0 Å². The molecule has 0 heterocycles. The fourth-order valence-electron chi connectivity index (χ4n) is 1.33. The van der Waals surface area contributed by atoms with Gasteiger partial charge in [-0.25, -0.2) is 0 Å². The van der Waals surface area contributed by atoms with Crippen LogP contribution >= 0.6 is 31.9 Å². The smallest absolute Gasteiger partial charge is 0.137 e. The Balaban J connectivity index is 2.71. The van der Waals surface area contributed by atoms with Crippen molar-refractivity contribution in [3.8, 4) is 5.75 Å². The molecule has 0 fully saturated rings. The Hall–Kier alpha value is -0.0600. The van der Waals surface area contributed by atoms with Gasteiger partial charge in [-0.15, -0.1) is 0 Å². The largest absolute Gasteiger partial charge is 0.489 e. The summed E-state index contributed by atoms with van der Waals surface area (Å²) in [7, 11) is 1.70. The van der Waals surface area contributed by atoms with E-state index in [0.29, 0.717) is 0 Å². The molecule has 0 radical (unpaired) electrons. The Morgan fingerprint density at radius 1 is 1.38 bits per heavy atom. The molecular formula is C12H16Br2O2. The van der Waals surface area contributed by atoms with Gasteiger partial charge in [0.15, 0.2) is 0 Å². The fraction of sp³-hybridized carbons (Fsp3) is 0.500. The number of alkyl halides is 1. The van der Waals surface area contributed by atoms with Crippen molar-refractivity contribution < 1.29 is 9.47 Å². The van der Waals surface area contributed by atoms with Gasteiger partial charge in [0.25, 0.3) is 0 Å². The lowest BCUT2D eigenvalue weighted by Crippen LogP contribution is -2.15. The molecule has 1 aromatic carbocycles. The molecule has 2 nitrogen and oxygen atoms in total. The molecule has 1 rings (SSSR count). The van der Waals surface area contributed by atoms with Gasteiger partial charge in [-0.2, -0.15) is 0 Å². The van der Waals surface area contributed by atoms with Crippen LogP contribution in [0.15, 0.2) is 22.7 Å². The number of para-hydroxylation sites is 1. The van der Waals surface area contributed by atoms with Gasteiger partial charge in [-0.05, 0) is 28.9 Å². The minimum absolute atomic E-state index is 0.149. The second-order valence-electron chi connectivity index (χ2n) is 3.57. The van der Waals surface area contributed by atoms with Crippen LogP contribution in [0.1, 0.15) is 18.9 Å². The number of hydrogen-bond donors (Lipinski definition) is 0. The topological polar surface area (TPSA) is 18.5 Å². The van der Waals surface area contributed by atoms with Crippen LogP contribution in [0.25, 0.3) is 0 Å². The predicted octanol–water partition coefficient (Wildman–Crippen LogP) is 4.15. The second kappa shape index (κ2) is 7.30. The molecule has 0 amide bonds. The highest BCUT2D eigenvalue weighted by Crippen LogP contribution is 2.31. The van der Waals surface area contributed by atoms with Crippen LogP contribution in [-0.4, -0.2) is 19.8 Å². The Morgan fingerprint density at radius 3 is 2.75 bits per heavy atom. The monoisotopic (exact) mass is 350 g/mol. The molecule has 0 aliphatic carbocycles. The lowest BCUT2D eigenvalue weighted by Gasteiger charge is -2.17. The van der Waals surface area contributed by atoms with Crippen LogP contribution in [0.3, 0.4) is 0 Å². The van der Waals surface area contributed by atoms with E-state index in [1.165, 1.54) is 0 Å². The minimum Gasteiger partial charge on any atom is -0.489 e. The second-order valence-corrected chi connectivity index (χ2v) is 4.99. The van der Waals surface area contributed by atoms with E-state index in [2.05, 4.69) is 44.8 Å². The highest BCUT2D eigenvalue weighted by molar-refractivity contribution is 9.10. The van der Waals surface area contributed by atoms with E-state index in [1.807, 2.05) is 12.1 Å². The van der Waals surface area contributed by atoms with Gasteiger partial charge in [-0.1, -0.05) is 28.1 Å². The van der Waals surface area contributed by atoms with E-state index >= 15 is 0 Å². The van der Waals surface area contributed by atoms with E-state index in [9.17, 15) is 0 Å². The number of benzene rings is 1. The standard InChI is InChI=1S/C12H16Br2O2/c1-9(6-7-15-2)16-12-10(8-13)4-3-5-11(12)14/h3-5,9H,6-8H2,1-2H3. The van der Waals surface area contributed by atoms with Crippen molar-refractivity contribution in [3.05, 3.63) is 28.2 Å². The third-order valence-electron chi connectivity index (χ3n) is 2.24. The maximum absolute atomic E-state index is 5.91. The molecule has 90 valence electrons. The summed E-state index contributed by atoms with van der Waals surface area (Å²) in [6, 6.07) is 6.05. The molecule has 0 aliphatic rings. The molecule has 16 heavy (non-hydrogen) atoms. The van der Waals surface area contributed by atoms with Crippen molar-refractivity contribution in [1.82, 2.24) is 0 Å². The zero-order valence-corrected chi connectivity index (χ0v) is 12.7. The van der Waals surface area contributed by atoms with Crippen molar-refractivity contribution in [2.24, 2.45) is 0 Å². The van der Waals surface area contributed by atoms with Crippen LogP contribution in [0.2, 0.25) is 0 Å². The van der Waals surface area contributed by atoms with E-state index < -0.39 is 0 Å². The molecule has 1 aromatic rings. The molecule has 0 aliphatic heterocycles. The summed E-state index contributed by atoms with van der Waals surface area (Å²) in [5.74, 6) is 0.919. The summed E-state index contributed by atoms with van der Waals surface area (Å²) in [5, 5.41) is 0.790. The van der Waals surface area contributed by atoms with Crippen LogP contribution in [0.5, 0.6) is 5.75 Å². The molecule has 0 bridgehead atoms. The van der Waals surface area contributed by atoms with Crippen LogP contribution < -0.4 is 4.74 Å². The van der Waals surface area contributed by atoms with Crippen LogP contribution in [0, 0.1) is 0 Å². The molecule has 1 unspecified atom stereocenters. The quantitative estimate of drug-likeness (QED) is 0.717. The van der Waals surface area contributed by atoms with Crippen molar-refractivity contribution in [2.75, 3.05) is 13.7 Å².